The van der Waals surface area contributed by atoms with Gasteiger partial charge in [0.2, 0.25) is 11.8 Å². The van der Waals surface area contributed by atoms with E-state index in [1.807, 2.05) is 24.3 Å². The van der Waals surface area contributed by atoms with Gasteiger partial charge in [0.25, 0.3) is 0 Å². The number of carbonyl (C=O) groups excluding carboxylic acids is 3. The minimum atomic E-state index is -0.573. The van der Waals surface area contributed by atoms with Crippen molar-refractivity contribution < 1.29 is 19.1 Å². The van der Waals surface area contributed by atoms with Crippen LogP contribution in [0.15, 0.2) is 95.1 Å². The first-order valence-corrected chi connectivity index (χ1v) is 11.3. The number of para-hydroxylation sites is 1. The van der Waals surface area contributed by atoms with Gasteiger partial charge in [-0.3, -0.25) is 9.59 Å². The van der Waals surface area contributed by atoms with Gasteiger partial charge < -0.3 is 15.4 Å². The SMILES string of the molecule is O=C(C[C@H]1S/C(=N\N=C/c2ccc(OC(=O)c3ccccc3)cc2)NC1=O)Nc1ccccc1. The van der Waals surface area contributed by atoms with Gasteiger partial charge in [-0.25, -0.2) is 4.79 Å². The van der Waals surface area contributed by atoms with Crippen LogP contribution in [0.1, 0.15) is 22.3 Å². The van der Waals surface area contributed by atoms with Gasteiger partial charge in [-0.05, 0) is 54.1 Å². The molecule has 2 amide bonds. The Morgan fingerprint density at radius 3 is 2.35 bits per heavy atom. The summed E-state index contributed by atoms with van der Waals surface area (Å²) in [5.74, 6) is -0.564. The number of ether oxygens (including phenoxy) is 1. The second-order valence-electron chi connectivity index (χ2n) is 7.19. The predicted molar refractivity (Wildman–Crippen MR) is 132 cm³/mol. The molecule has 170 valence electrons. The maximum absolute atomic E-state index is 12.2. The predicted octanol–water partition coefficient (Wildman–Crippen LogP) is 3.86. The summed E-state index contributed by atoms with van der Waals surface area (Å²) in [4.78, 5) is 36.4. The number of thioether (sulfide) groups is 1. The van der Waals surface area contributed by atoms with E-state index in [9.17, 15) is 14.4 Å². The van der Waals surface area contributed by atoms with Crippen molar-refractivity contribution in [2.75, 3.05) is 5.32 Å². The number of carbonyl (C=O) groups is 3. The highest BCUT2D eigenvalue weighted by atomic mass is 32.2. The molecular formula is C25H20N4O4S. The smallest absolute Gasteiger partial charge is 0.343 e. The van der Waals surface area contributed by atoms with Gasteiger partial charge >= 0.3 is 5.97 Å². The van der Waals surface area contributed by atoms with E-state index in [1.165, 1.54) is 6.21 Å². The fourth-order valence-corrected chi connectivity index (χ4v) is 3.92. The van der Waals surface area contributed by atoms with E-state index in [0.29, 0.717) is 22.2 Å². The molecule has 1 saturated heterocycles. The van der Waals surface area contributed by atoms with E-state index in [1.54, 1.807) is 60.7 Å². The molecule has 0 saturated carbocycles. The van der Waals surface area contributed by atoms with E-state index < -0.39 is 11.2 Å². The highest BCUT2D eigenvalue weighted by molar-refractivity contribution is 8.15. The average Bonchev–Trinajstić information content (AvgIpc) is 3.20. The summed E-state index contributed by atoms with van der Waals surface area (Å²) in [7, 11) is 0. The molecule has 1 aliphatic heterocycles. The van der Waals surface area contributed by atoms with E-state index in [2.05, 4.69) is 20.8 Å². The molecule has 1 atom stereocenters. The molecule has 8 nitrogen and oxygen atoms in total. The maximum Gasteiger partial charge on any atom is 0.343 e. The Kier molecular flexibility index (Phi) is 7.46. The van der Waals surface area contributed by atoms with E-state index in [-0.39, 0.29) is 18.2 Å². The van der Waals surface area contributed by atoms with Gasteiger partial charge in [0.15, 0.2) is 5.17 Å². The molecule has 3 aromatic rings. The summed E-state index contributed by atoms with van der Waals surface area (Å²) >= 11 is 1.16. The van der Waals surface area contributed by atoms with Crippen LogP contribution in [0.5, 0.6) is 5.75 Å². The normalized spacial score (nSPS) is 16.4. The summed E-state index contributed by atoms with van der Waals surface area (Å²) in [5.41, 5.74) is 1.88. The lowest BCUT2D eigenvalue weighted by Crippen LogP contribution is -2.28. The number of hydrogen-bond donors (Lipinski definition) is 2. The van der Waals surface area contributed by atoms with Gasteiger partial charge in [-0.2, -0.15) is 5.10 Å². The molecule has 3 aromatic carbocycles. The molecular weight excluding hydrogens is 452 g/mol. The molecule has 0 radical (unpaired) electrons. The number of anilines is 1. The molecule has 2 N–H and O–H groups in total. The van der Waals surface area contributed by atoms with Gasteiger partial charge in [0.1, 0.15) is 11.0 Å². The third-order valence-electron chi connectivity index (χ3n) is 4.66. The number of benzene rings is 3. The lowest BCUT2D eigenvalue weighted by atomic mass is 10.2. The van der Waals surface area contributed by atoms with Crippen LogP contribution in [0, 0.1) is 0 Å². The number of hydrogen-bond acceptors (Lipinski definition) is 7. The highest BCUT2D eigenvalue weighted by Crippen LogP contribution is 2.23. The number of nitrogens with one attached hydrogen (secondary N) is 2. The lowest BCUT2D eigenvalue weighted by Gasteiger charge is -2.06. The van der Waals surface area contributed by atoms with Crippen LogP contribution < -0.4 is 15.4 Å². The van der Waals surface area contributed by atoms with Crippen LogP contribution in [0.25, 0.3) is 0 Å². The summed E-state index contributed by atoms with van der Waals surface area (Å²) in [6.45, 7) is 0. The number of esters is 1. The molecule has 4 rings (SSSR count). The molecule has 1 fully saturated rings. The molecule has 1 aliphatic rings. The Hall–Kier alpha value is -4.24. The third-order valence-corrected chi connectivity index (χ3v) is 5.73. The Labute approximate surface area is 200 Å². The first-order chi connectivity index (χ1) is 16.6. The molecule has 0 unspecified atom stereocenters. The largest absolute Gasteiger partial charge is 0.423 e. The second kappa shape index (κ2) is 11.1. The van der Waals surface area contributed by atoms with Gasteiger partial charge in [-0.15, -0.1) is 5.10 Å². The van der Waals surface area contributed by atoms with E-state index in [4.69, 9.17) is 4.74 Å². The molecule has 34 heavy (non-hydrogen) atoms. The Morgan fingerprint density at radius 1 is 0.971 bits per heavy atom. The molecule has 0 aliphatic carbocycles. The first kappa shape index (κ1) is 22.9. The monoisotopic (exact) mass is 472 g/mol. The summed E-state index contributed by atoms with van der Waals surface area (Å²) in [6.07, 6.45) is 1.54. The number of amides is 2. The van der Waals surface area contributed by atoms with Crippen molar-refractivity contribution in [2.24, 2.45) is 10.2 Å². The van der Waals surface area contributed by atoms with Crippen LogP contribution in [0.4, 0.5) is 5.69 Å². The third kappa shape index (κ3) is 6.39. The second-order valence-corrected chi connectivity index (χ2v) is 8.38. The van der Waals surface area contributed by atoms with Crippen LogP contribution >= 0.6 is 11.8 Å². The van der Waals surface area contributed by atoms with E-state index in [0.717, 1.165) is 17.3 Å². The highest BCUT2D eigenvalue weighted by Gasteiger charge is 2.32. The van der Waals surface area contributed by atoms with Crippen molar-refractivity contribution in [1.82, 2.24) is 5.32 Å². The number of amidine groups is 1. The van der Waals surface area contributed by atoms with Crippen molar-refractivity contribution in [3.63, 3.8) is 0 Å². The number of nitrogens with zero attached hydrogens (tertiary/aromatic N) is 2. The van der Waals surface area contributed by atoms with Gasteiger partial charge in [0.05, 0.1) is 11.8 Å². The molecule has 0 bridgehead atoms. The van der Waals surface area contributed by atoms with Crippen molar-refractivity contribution >= 4 is 46.6 Å². The fraction of sp³-hybridized carbons (Fsp3) is 0.0800. The van der Waals surface area contributed by atoms with Crippen LogP contribution in [0.2, 0.25) is 0 Å². The van der Waals surface area contributed by atoms with Crippen LogP contribution in [0.3, 0.4) is 0 Å². The van der Waals surface area contributed by atoms with Gasteiger partial charge in [-0.1, -0.05) is 48.2 Å². The van der Waals surface area contributed by atoms with Crippen LogP contribution in [-0.4, -0.2) is 34.4 Å². The van der Waals surface area contributed by atoms with Crippen molar-refractivity contribution in [1.29, 1.82) is 0 Å². The average molecular weight is 473 g/mol. The van der Waals surface area contributed by atoms with Gasteiger partial charge in [0, 0.05) is 12.1 Å². The Bertz CT molecular complexity index is 1230. The maximum atomic E-state index is 12.2. The summed E-state index contributed by atoms with van der Waals surface area (Å²) in [5, 5.41) is 13.2. The van der Waals surface area contributed by atoms with Crippen molar-refractivity contribution in [3.05, 3.63) is 96.1 Å². The fourth-order valence-electron chi connectivity index (χ4n) is 3.00. The number of rotatable bonds is 7. The molecule has 1 heterocycles. The Morgan fingerprint density at radius 2 is 1.65 bits per heavy atom. The Balaban J connectivity index is 1.28. The first-order valence-electron chi connectivity index (χ1n) is 10.4. The van der Waals surface area contributed by atoms with E-state index >= 15 is 0 Å². The minimum Gasteiger partial charge on any atom is -0.423 e. The minimum absolute atomic E-state index is 0.0251. The zero-order chi connectivity index (χ0) is 23.8. The zero-order valence-corrected chi connectivity index (χ0v) is 18.7. The zero-order valence-electron chi connectivity index (χ0n) is 17.9. The summed E-state index contributed by atoms with van der Waals surface area (Å²) < 4.78 is 5.34. The van der Waals surface area contributed by atoms with Crippen LogP contribution in [-0.2, 0) is 9.59 Å². The molecule has 9 heteroatoms. The molecule has 0 spiro atoms. The van der Waals surface area contributed by atoms with Crippen molar-refractivity contribution in [3.8, 4) is 5.75 Å². The topological polar surface area (TPSA) is 109 Å². The van der Waals surface area contributed by atoms with Crippen molar-refractivity contribution in [2.45, 2.75) is 11.7 Å². The summed E-state index contributed by atoms with van der Waals surface area (Å²) in [6, 6.07) is 24.6. The quantitative estimate of drug-likeness (QED) is 0.235. The molecule has 0 aromatic heterocycles. The lowest BCUT2D eigenvalue weighted by molar-refractivity contribution is -0.122. The standard InChI is InChI=1S/C25H20N4O4S/c30-22(27-19-9-5-2-6-10-19)15-21-23(31)28-25(34-21)29-26-16-17-11-13-20(14-12-17)33-24(32)18-7-3-1-4-8-18/h1-14,16,21H,15H2,(H,27,30)(H,28,29,31)/b26-16-/t21-/m1/s1.